The van der Waals surface area contributed by atoms with Crippen LogP contribution in [0.15, 0.2) is 24.3 Å². The standard InChI is InChI=1S/C12H15BrINO/c1-2-10(13)6-7-15-12(16)9-4-3-5-11(14)8-9/h3-5,8,10H,2,6-7H2,1H3,(H,15,16). The lowest BCUT2D eigenvalue weighted by atomic mass is 10.2. The van der Waals surface area contributed by atoms with Crippen molar-refractivity contribution in [1.29, 1.82) is 0 Å². The molecule has 1 aromatic carbocycles. The Morgan fingerprint density at radius 3 is 2.94 bits per heavy atom. The van der Waals surface area contributed by atoms with Crippen molar-refractivity contribution in [3.63, 3.8) is 0 Å². The highest BCUT2D eigenvalue weighted by Gasteiger charge is 2.06. The number of amides is 1. The summed E-state index contributed by atoms with van der Waals surface area (Å²) < 4.78 is 1.08. The van der Waals surface area contributed by atoms with Crippen LogP contribution in [0, 0.1) is 3.57 Å². The van der Waals surface area contributed by atoms with E-state index < -0.39 is 0 Å². The van der Waals surface area contributed by atoms with Crippen molar-refractivity contribution >= 4 is 44.4 Å². The minimum atomic E-state index is 0.00863. The smallest absolute Gasteiger partial charge is 0.251 e. The lowest BCUT2D eigenvalue weighted by Crippen LogP contribution is -2.26. The summed E-state index contributed by atoms with van der Waals surface area (Å²) in [6.45, 7) is 2.84. The van der Waals surface area contributed by atoms with Gasteiger partial charge in [-0.1, -0.05) is 28.9 Å². The molecule has 0 radical (unpaired) electrons. The Kier molecular flexibility index (Phi) is 6.34. The number of nitrogens with one attached hydrogen (secondary N) is 1. The van der Waals surface area contributed by atoms with Crippen molar-refractivity contribution < 1.29 is 4.79 Å². The fourth-order valence-corrected chi connectivity index (χ4v) is 2.05. The molecule has 1 N–H and O–H groups in total. The van der Waals surface area contributed by atoms with Crippen LogP contribution < -0.4 is 5.32 Å². The van der Waals surface area contributed by atoms with Gasteiger partial charge >= 0.3 is 0 Å². The molecule has 2 nitrogen and oxygen atoms in total. The maximum atomic E-state index is 11.7. The Morgan fingerprint density at radius 1 is 1.56 bits per heavy atom. The second-order valence-electron chi connectivity index (χ2n) is 3.56. The normalized spacial score (nSPS) is 12.2. The van der Waals surface area contributed by atoms with E-state index in [2.05, 4.69) is 50.8 Å². The first-order valence-corrected chi connectivity index (χ1v) is 7.30. The zero-order chi connectivity index (χ0) is 12.0. The van der Waals surface area contributed by atoms with E-state index in [0.29, 0.717) is 11.4 Å². The van der Waals surface area contributed by atoms with Crippen LogP contribution >= 0.6 is 38.5 Å². The molecule has 0 aliphatic carbocycles. The predicted molar refractivity (Wildman–Crippen MR) is 79.1 cm³/mol. The number of carbonyl (C=O) groups excluding carboxylic acids is 1. The molecule has 1 unspecified atom stereocenters. The highest BCUT2D eigenvalue weighted by molar-refractivity contribution is 14.1. The maximum Gasteiger partial charge on any atom is 0.251 e. The summed E-state index contributed by atoms with van der Waals surface area (Å²) in [5, 5.41) is 2.92. The molecule has 0 spiro atoms. The SMILES string of the molecule is CCC(Br)CCNC(=O)c1cccc(I)c1. The fraction of sp³-hybridized carbons (Fsp3) is 0.417. The van der Waals surface area contributed by atoms with Gasteiger partial charge in [0.2, 0.25) is 0 Å². The van der Waals surface area contributed by atoms with Crippen molar-refractivity contribution in [1.82, 2.24) is 5.32 Å². The third-order valence-corrected chi connectivity index (χ3v) is 4.05. The van der Waals surface area contributed by atoms with E-state index in [1.807, 2.05) is 24.3 Å². The number of benzene rings is 1. The summed E-state index contributed by atoms with van der Waals surface area (Å²) in [7, 11) is 0. The summed E-state index contributed by atoms with van der Waals surface area (Å²) in [6, 6.07) is 7.60. The molecule has 0 bridgehead atoms. The highest BCUT2D eigenvalue weighted by Crippen LogP contribution is 2.09. The van der Waals surface area contributed by atoms with Crippen LogP contribution in [0.25, 0.3) is 0 Å². The van der Waals surface area contributed by atoms with Gasteiger partial charge in [0.15, 0.2) is 0 Å². The van der Waals surface area contributed by atoms with Gasteiger partial charge in [-0.3, -0.25) is 4.79 Å². The zero-order valence-electron chi connectivity index (χ0n) is 9.17. The van der Waals surface area contributed by atoms with Crippen LogP contribution in [-0.2, 0) is 0 Å². The van der Waals surface area contributed by atoms with Gasteiger partial charge in [0.1, 0.15) is 0 Å². The summed E-state index contributed by atoms with van der Waals surface area (Å²) >= 11 is 5.75. The lowest BCUT2D eigenvalue weighted by Gasteiger charge is -2.08. The molecule has 0 saturated heterocycles. The van der Waals surface area contributed by atoms with Gasteiger partial charge in [0, 0.05) is 20.5 Å². The van der Waals surface area contributed by atoms with Crippen molar-refractivity contribution in [3.05, 3.63) is 33.4 Å². The van der Waals surface area contributed by atoms with Crippen LogP contribution in [0.4, 0.5) is 0 Å². The minimum absolute atomic E-state index is 0.00863. The molecule has 1 rings (SSSR count). The Labute approximate surface area is 118 Å². The first kappa shape index (κ1) is 14.0. The molecule has 0 aliphatic heterocycles. The predicted octanol–water partition coefficient (Wildman–Crippen LogP) is 3.58. The summed E-state index contributed by atoms with van der Waals surface area (Å²) in [5.41, 5.74) is 0.731. The third kappa shape index (κ3) is 4.82. The molecule has 0 saturated carbocycles. The van der Waals surface area contributed by atoms with Crippen molar-refractivity contribution in [3.8, 4) is 0 Å². The van der Waals surface area contributed by atoms with E-state index in [4.69, 9.17) is 0 Å². The summed E-state index contributed by atoms with van der Waals surface area (Å²) in [4.78, 5) is 12.2. The molecular weight excluding hydrogens is 381 g/mol. The van der Waals surface area contributed by atoms with Crippen molar-refractivity contribution in [2.45, 2.75) is 24.6 Å². The largest absolute Gasteiger partial charge is 0.352 e. The first-order chi connectivity index (χ1) is 7.63. The van der Waals surface area contributed by atoms with Gasteiger partial charge in [-0.2, -0.15) is 0 Å². The second-order valence-corrected chi connectivity index (χ2v) is 6.10. The average molecular weight is 396 g/mol. The zero-order valence-corrected chi connectivity index (χ0v) is 12.9. The summed E-state index contributed by atoms with van der Waals surface area (Å²) in [6.07, 6.45) is 2.05. The van der Waals surface area contributed by atoms with Gasteiger partial charge in [0.05, 0.1) is 0 Å². The number of hydrogen-bond acceptors (Lipinski definition) is 1. The molecule has 1 aromatic rings. The molecule has 0 aliphatic rings. The number of rotatable bonds is 5. The molecule has 1 amide bonds. The Morgan fingerprint density at radius 2 is 2.31 bits per heavy atom. The van der Waals surface area contributed by atoms with Crippen molar-refractivity contribution in [2.24, 2.45) is 0 Å². The maximum absolute atomic E-state index is 11.7. The topological polar surface area (TPSA) is 29.1 Å². The number of carbonyl (C=O) groups is 1. The van der Waals surface area contributed by atoms with Gasteiger partial charge in [-0.05, 0) is 53.6 Å². The van der Waals surface area contributed by atoms with Gasteiger partial charge in [-0.15, -0.1) is 0 Å². The van der Waals surface area contributed by atoms with Crippen LogP contribution in [0.5, 0.6) is 0 Å². The molecule has 88 valence electrons. The molecular formula is C12H15BrINO. The van der Waals surface area contributed by atoms with Gasteiger partial charge in [0.25, 0.3) is 5.91 Å². The monoisotopic (exact) mass is 395 g/mol. The molecule has 0 fully saturated rings. The summed E-state index contributed by atoms with van der Waals surface area (Å²) in [5.74, 6) is 0.00863. The highest BCUT2D eigenvalue weighted by atomic mass is 127. The molecule has 1 atom stereocenters. The van der Waals surface area contributed by atoms with E-state index in [0.717, 1.165) is 22.0 Å². The molecule has 0 aromatic heterocycles. The molecule has 4 heteroatoms. The fourth-order valence-electron chi connectivity index (χ4n) is 1.28. The molecule has 0 heterocycles. The molecule has 16 heavy (non-hydrogen) atoms. The van der Waals surface area contributed by atoms with Gasteiger partial charge in [-0.25, -0.2) is 0 Å². The van der Waals surface area contributed by atoms with Crippen LogP contribution in [0.2, 0.25) is 0 Å². The Balaban J connectivity index is 2.41. The van der Waals surface area contributed by atoms with E-state index >= 15 is 0 Å². The quantitative estimate of drug-likeness (QED) is 0.599. The van der Waals surface area contributed by atoms with Crippen molar-refractivity contribution in [2.75, 3.05) is 6.54 Å². The van der Waals surface area contributed by atoms with Gasteiger partial charge < -0.3 is 5.32 Å². The Hall–Kier alpha value is -0.100. The van der Waals surface area contributed by atoms with Crippen LogP contribution in [-0.4, -0.2) is 17.3 Å². The van der Waals surface area contributed by atoms with E-state index in [9.17, 15) is 4.79 Å². The van der Waals surface area contributed by atoms with Crippen LogP contribution in [0.1, 0.15) is 30.1 Å². The van der Waals surface area contributed by atoms with Crippen LogP contribution in [0.3, 0.4) is 0 Å². The first-order valence-electron chi connectivity index (χ1n) is 5.31. The number of halogens is 2. The lowest BCUT2D eigenvalue weighted by molar-refractivity contribution is 0.0953. The number of alkyl halides is 1. The number of hydrogen-bond donors (Lipinski definition) is 1. The second kappa shape index (κ2) is 7.27. The van der Waals surface area contributed by atoms with E-state index in [1.165, 1.54) is 0 Å². The van der Waals surface area contributed by atoms with E-state index in [-0.39, 0.29) is 5.91 Å². The third-order valence-electron chi connectivity index (χ3n) is 2.27. The van der Waals surface area contributed by atoms with E-state index in [1.54, 1.807) is 0 Å². The Bertz CT molecular complexity index is 357. The average Bonchev–Trinajstić information content (AvgIpc) is 2.28. The minimum Gasteiger partial charge on any atom is -0.352 e.